The maximum atomic E-state index is 12.9. The first-order chi connectivity index (χ1) is 9.94. The third-order valence-electron chi connectivity index (χ3n) is 2.80. The van der Waals surface area contributed by atoms with E-state index in [-0.39, 0.29) is 18.1 Å². The van der Waals surface area contributed by atoms with Crippen LogP contribution in [-0.4, -0.2) is 29.4 Å². The molecular weight excluding hydrogens is 291 g/mol. The van der Waals surface area contributed by atoms with Gasteiger partial charge in [0.25, 0.3) is 0 Å². The number of aryl methyl sites for hydroxylation is 1. The standard InChI is InChI=1S/C14H17FN4OS/c1-9-17-11(8-21-9)6-19(2)7-14(20)18-13-4-3-10(15)5-12(13)16/h3-5,8H,6-7,16H2,1-2H3,(H,18,20). The number of aromatic nitrogens is 1. The Hall–Kier alpha value is -1.99. The second-order valence-corrected chi connectivity index (χ2v) is 5.87. The summed E-state index contributed by atoms with van der Waals surface area (Å²) in [4.78, 5) is 18.1. The van der Waals surface area contributed by atoms with Gasteiger partial charge in [0, 0.05) is 11.9 Å². The van der Waals surface area contributed by atoms with Crippen molar-refractivity contribution in [1.29, 1.82) is 0 Å². The van der Waals surface area contributed by atoms with E-state index in [9.17, 15) is 9.18 Å². The summed E-state index contributed by atoms with van der Waals surface area (Å²) in [5, 5.41) is 5.64. The highest BCUT2D eigenvalue weighted by molar-refractivity contribution is 7.09. The Balaban J connectivity index is 1.89. The maximum absolute atomic E-state index is 12.9. The molecule has 0 saturated heterocycles. The fourth-order valence-electron chi connectivity index (χ4n) is 1.90. The van der Waals surface area contributed by atoms with Crippen LogP contribution in [-0.2, 0) is 11.3 Å². The summed E-state index contributed by atoms with van der Waals surface area (Å²) in [7, 11) is 1.84. The largest absolute Gasteiger partial charge is 0.397 e. The van der Waals surface area contributed by atoms with Crippen molar-refractivity contribution in [1.82, 2.24) is 9.88 Å². The van der Waals surface area contributed by atoms with Crippen LogP contribution in [0.15, 0.2) is 23.6 Å². The molecule has 1 aromatic carbocycles. The highest BCUT2D eigenvalue weighted by Gasteiger charge is 2.10. The van der Waals surface area contributed by atoms with Crippen LogP contribution in [0.3, 0.4) is 0 Å². The molecule has 7 heteroatoms. The number of nitrogens with zero attached hydrogens (tertiary/aromatic N) is 2. The van der Waals surface area contributed by atoms with Gasteiger partial charge in [-0.2, -0.15) is 0 Å². The molecule has 0 fully saturated rings. The van der Waals surface area contributed by atoms with E-state index >= 15 is 0 Å². The van der Waals surface area contributed by atoms with Crippen molar-refractivity contribution >= 4 is 28.6 Å². The molecule has 0 unspecified atom stereocenters. The Kier molecular flexibility index (Phi) is 4.87. The van der Waals surface area contributed by atoms with Crippen LogP contribution in [0.25, 0.3) is 0 Å². The van der Waals surface area contributed by atoms with Crippen LogP contribution in [0.1, 0.15) is 10.7 Å². The number of likely N-dealkylation sites (N-methyl/N-ethyl adjacent to an activating group) is 1. The molecule has 1 aromatic heterocycles. The summed E-state index contributed by atoms with van der Waals surface area (Å²) in [6.07, 6.45) is 0. The number of nitrogens with one attached hydrogen (secondary N) is 1. The lowest BCUT2D eigenvalue weighted by atomic mass is 10.2. The Labute approximate surface area is 126 Å². The van der Waals surface area contributed by atoms with E-state index in [0.717, 1.165) is 10.7 Å². The van der Waals surface area contributed by atoms with Gasteiger partial charge in [0.2, 0.25) is 5.91 Å². The van der Waals surface area contributed by atoms with E-state index in [1.54, 1.807) is 11.3 Å². The molecular formula is C14H17FN4OS. The minimum Gasteiger partial charge on any atom is -0.397 e. The molecule has 21 heavy (non-hydrogen) atoms. The minimum absolute atomic E-state index is 0.202. The molecule has 3 N–H and O–H groups in total. The summed E-state index contributed by atoms with van der Waals surface area (Å²) in [5.41, 5.74) is 7.21. The smallest absolute Gasteiger partial charge is 0.238 e. The third-order valence-corrected chi connectivity index (χ3v) is 3.62. The van der Waals surface area contributed by atoms with E-state index < -0.39 is 5.82 Å². The Morgan fingerprint density at radius 3 is 2.90 bits per heavy atom. The van der Waals surface area contributed by atoms with Gasteiger partial charge < -0.3 is 11.1 Å². The van der Waals surface area contributed by atoms with Crippen molar-refractivity contribution in [2.45, 2.75) is 13.5 Å². The number of amides is 1. The van der Waals surface area contributed by atoms with Crippen molar-refractivity contribution < 1.29 is 9.18 Å². The number of thiazole rings is 1. The van der Waals surface area contributed by atoms with Crippen molar-refractivity contribution in [3.63, 3.8) is 0 Å². The van der Waals surface area contributed by atoms with E-state index in [0.29, 0.717) is 12.2 Å². The lowest BCUT2D eigenvalue weighted by molar-refractivity contribution is -0.117. The van der Waals surface area contributed by atoms with Crippen LogP contribution in [0.2, 0.25) is 0 Å². The zero-order valence-corrected chi connectivity index (χ0v) is 12.7. The third kappa shape index (κ3) is 4.51. The normalized spacial score (nSPS) is 10.9. The van der Waals surface area contributed by atoms with Crippen molar-refractivity contribution in [3.8, 4) is 0 Å². The molecule has 5 nitrogen and oxygen atoms in total. The average molecular weight is 308 g/mol. The fourth-order valence-corrected chi connectivity index (χ4v) is 2.50. The van der Waals surface area contributed by atoms with Crippen LogP contribution in [0.5, 0.6) is 0 Å². The van der Waals surface area contributed by atoms with Gasteiger partial charge in [0.1, 0.15) is 5.82 Å². The molecule has 0 aliphatic carbocycles. The monoisotopic (exact) mass is 308 g/mol. The molecule has 0 bridgehead atoms. The molecule has 0 aliphatic heterocycles. The predicted octanol–water partition coefficient (Wildman–Crippen LogP) is 2.24. The second kappa shape index (κ2) is 6.64. The number of nitrogens with two attached hydrogens (primary N) is 1. The number of rotatable bonds is 5. The van der Waals surface area contributed by atoms with Gasteiger partial charge in [0.05, 0.1) is 28.6 Å². The number of hydrogen-bond donors (Lipinski definition) is 2. The molecule has 1 amide bonds. The number of halogens is 1. The van der Waals surface area contributed by atoms with E-state index in [4.69, 9.17) is 5.73 Å². The molecule has 0 aliphatic rings. The average Bonchev–Trinajstić information content (AvgIpc) is 2.78. The summed E-state index contributed by atoms with van der Waals surface area (Å²) in [6.45, 7) is 2.74. The quantitative estimate of drug-likeness (QED) is 0.831. The SMILES string of the molecule is Cc1nc(CN(C)CC(=O)Nc2ccc(F)cc2N)cs1. The zero-order valence-electron chi connectivity index (χ0n) is 11.9. The summed E-state index contributed by atoms with van der Waals surface area (Å²) >= 11 is 1.58. The first-order valence-corrected chi connectivity index (χ1v) is 7.26. The lowest BCUT2D eigenvalue weighted by Gasteiger charge is -2.15. The molecule has 2 aromatic rings. The molecule has 112 valence electrons. The van der Waals surface area contributed by atoms with Gasteiger partial charge >= 0.3 is 0 Å². The number of benzene rings is 1. The number of anilines is 2. The van der Waals surface area contributed by atoms with Crippen LogP contribution in [0.4, 0.5) is 15.8 Å². The highest BCUT2D eigenvalue weighted by atomic mass is 32.1. The topological polar surface area (TPSA) is 71.2 Å². The molecule has 2 rings (SSSR count). The second-order valence-electron chi connectivity index (χ2n) is 4.81. The Morgan fingerprint density at radius 1 is 1.52 bits per heavy atom. The molecule has 0 spiro atoms. The Bertz CT molecular complexity index is 644. The van der Waals surface area contributed by atoms with Gasteiger partial charge in [-0.15, -0.1) is 11.3 Å². The summed E-state index contributed by atoms with van der Waals surface area (Å²) < 4.78 is 12.9. The highest BCUT2D eigenvalue weighted by Crippen LogP contribution is 2.19. The van der Waals surface area contributed by atoms with Crippen molar-refractivity contribution in [2.75, 3.05) is 24.6 Å². The van der Waals surface area contributed by atoms with Gasteiger partial charge in [-0.3, -0.25) is 9.69 Å². The minimum atomic E-state index is -0.429. The van der Waals surface area contributed by atoms with Crippen LogP contribution < -0.4 is 11.1 Å². The van der Waals surface area contributed by atoms with Crippen LogP contribution >= 0.6 is 11.3 Å². The van der Waals surface area contributed by atoms with Gasteiger partial charge in [-0.25, -0.2) is 9.37 Å². The van der Waals surface area contributed by atoms with E-state index in [1.807, 2.05) is 24.3 Å². The van der Waals surface area contributed by atoms with Gasteiger partial charge in [-0.05, 0) is 32.2 Å². The number of nitrogen functional groups attached to an aromatic ring is 1. The van der Waals surface area contributed by atoms with E-state index in [2.05, 4.69) is 10.3 Å². The molecule has 0 atom stereocenters. The van der Waals surface area contributed by atoms with Crippen LogP contribution in [0, 0.1) is 12.7 Å². The Morgan fingerprint density at radius 2 is 2.29 bits per heavy atom. The molecule has 1 heterocycles. The van der Waals surface area contributed by atoms with Gasteiger partial charge in [-0.1, -0.05) is 0 Å². The predicted molar refractivity (Wildman–Crippen MR) is 82.6 cm³/mol. The lowest BCUT2D eigenvalue weighted by Crippen LogP contribution is -2.30. The van der Waals surface area contributed by atoms with E-state index in [1.165, 1.54) is 18.2 Å². The number of carbonyl (C=O) groups excluding carboxylic acids is 1. The molecule has 0 saturated carbocycles. The zero-order chi connectivity index (χ0) is 15.4. The first kappa shape index (κ1) is 15.4. The number of hydrogen-bond acceptors (Lipinski definition) is 5. The molecule has 0 radical (unpaired) electrons. The number of carbonyl (C=O) groups is 1. The van der Waals surface area contributed by atoms with Crippen molar-refractivity contribution in [2.24, 2.45) is 0 Å². The fraction of sp³-hybridized carbons (Fsp3) is 0.286. The van der Waals surface area contributed by atoms with Crippen molar-refractivity contribution in [3.05, 3.63) is 40.1 Å². The first-order valence-electron chi connectivity index (χ1n) is 6.38. The van der Waals surface area contributed by atoms with Gasteiger partial charge in [0.15, 0.2) is 0 Å². The summed E-state index contributed by atoms with van der Waals surface area (Å²) in [5.74, 6) is -0.635. The summed E-state index contributed by atoms with van der Waals surface area (Å²) in [6, 6.07) is 3.89. The maximum Gasteiger partial charge on any atom is 0.238 e.